The first-order chi connectivity index (χ1) is 13.1. The van der Waals surface area contributed by atoms with Crippen molar-refractivity contribution in [2.75, 3.05) is 0 Å². The van der Waals surface area contributed by atoms with Crippen LogP contribution in [0.1, 0.15) is 96.5 Å². The number of unbranched alkanes of at least 4 members (excludes halogenated alkanes) is 3. The SMILES string of the molecule is CCC/C=C/C(=O)Oc1ccc(C23CCC(CCCCC)(CC2)CC3)cc1. The Hall–Kier alpha value is -1.57. The first kappa shape index (κ1) is 20.2. The van der Waals surface area contributed by atoms with Gasteiger partial charge in [0.1, 0.15) is 5.75 Å². The zero-order valence-corrected chi connectivity index (χ0v) is 17.3. The minimum Gasteiger partial charge on any atom is -0.423 e. The van der Waals surface area contributed by atoms with Gasteiger partial charge in [-0.1, -0.05) is 57.7 Å². The predicted molar refractivity (Wildman–Crippen MR) is 112 cm³/mol. The third-order valence-corrected chi connectivity index (χ3v) is 7.11. The van der Waals surface area contributed by atoms with Crippen molar-refractivity contribution in [1.29, 1.82) is 0 Å². The average molecular weight is 369 g/mol. The molecule has 0 unspecified atom stereocenters. The van der Waals surface area contributed by atoms with Gasteiger partial charge in [0, 0.05) is 6.08 Å². The van der Waals surface area contributed by atoms with Gasteiger partial charge in [0.25, 0.3) is 0 Å². The fourth-order valence-electron chi connectivity index (χ4n) is 5.19. The molecule has 3 aliphatic rings. The molecule has 0 radical (unpaired) electrons. The topological polar surface area (TPSA) is 26.3 Å². The molecule has 3 aliphatic carbocycles. The van der Waals surface area contributed by atoms with Crippen molar-refractivity contribution in [2.24, 2.45) is 5.41 Å². The fraction of sp³-hybridized carbons (Fsp3) is 0.640. The highest BCUT2D eigenvalue weighted by atomic mass is 16.5. The molecule has 2 nitrogen and oxygen atoms in total. The summed E-state index contributed by atoms with van der Waals surface area (Å²) in [6, 6.07) is 8.36. The van der Waals surface area contributed by atoms with Crippen LogP contribution in [-0.4, -0.2) is 5.97 Å². The molecule has 148 valence electrons. The highest BCUT2D eigenvalue weighted by Gasteiger charge is 2.48. The Morgan fingerprint density at radius 3 is 2.22 bits per heavy atom. The van der Waals surface area contributed by atoms with E-state index >= 15 is 0 Å². The number of carbonyl (C=O) groups excluding carboxylic acids is 1. The minimum absolute atomic E-state index is 0.276. The molecule has 3 saturated carbocycles. The lowest BCUT2D eigenvalue weighted by Crippen LogP contribution is -2.44. The molecule has 27 heavy (non-hydrogen) atoms. The van der Waals surface area contributed by atoms with Crippen molar-refractivity contribution < 1.29 is 9.53 Å². The molecule has 4 rings (SSSR count). The van der Waals surface area contributed by atoms with Gasteiger partial charge >= 0.3 is 5.97 Å². The van der Waals surface area contributed by atoms with Crippen LogP contribution in [-0.2, 0) is 10.2 Å². The first-order valence-electron chi connectivity index (χ1n) is 11.1. The zero-order valence-electron chi connectivity index (χ0n) is 17.3. The smallest absolute Gasteiger partial charge is 0.335 e. The van der Waals surface area contributed by atoms with E-state index in [-0.39, 0.29) is 5.97 Å². The predicted octanol–water partition coefficient (Wildman–Crippen LogP) is 7.12. The summed E-state index contributed by atoms with van der Waals surface area (Å²) in [6.07, 6.45) is 19.1. The molecule has 0 atom stereocenters. The van der Waals surface area contributed by atoms with E-state index in [2.05, 4.69) is 26.0 Å². The number of esters is 1. The lowest BCUT2D eigenvalue weighted by atomic mass is 9.51. The van der Waals surface area contributed by atoms with Gasteiger partial charge in [-0.2, -0.15) is 0 Å². The van der Waals surface area contributed by atoms with Crippen molar-refractivity contribution in [2.45, 2.75) is 96.3 Å². The monoisotopic (exact) mass is 368 g/mol. The van der Waals surface area contributed by atoms with E-state index in [1.807, 2.05) is 18.2 Å². The van der Waals surface area contributed by atoms with Crippen LogP contribution in [0, 0.1) is 5.41 Å². The van der Waals surface area contributed by atoms with Crippen molar-refractivity contribution >= 4 is 5.97 Å². The second-order valence-corrected chi connectivity index (χ2v) is 8.87. The second-order valence-electron chi connectivity index (χ2n) is 8.87. The van der Waals surface area contributed by atoms with E-state index in [1.54, 1.807) is 0 Å². The number of carbonyl (C=O) groups is 1. The van der Waals surface area contributed by atoms with Crippen molar-refractivity contribution in [1.82, 2.24) is 0 Å². The summed E-state index contributed by atoms with van der Waals surface area (Å²) in [5, 5.41) is 0. The van der Waals surface area contributed by atoms with E-state index in [1.165, 1.54) is 75.8 Å². The van der Waals surface area contributed by atoms with Gasteiger partial charge in [-0.3, -0.25) is 0 Å². The Bertz CT molecular complexity index is 616. The number of hydrogen-bond acceptors (Lipinski definition) is 2. The summed E-state index contributed by atoms with van der Waals surface area (Å²) in [4.78, 5) is 11.8. The lowest BCUT2D eigenvalue weighted by Gasteiger charge is -2.54. The van der Waals surface area contributed by atoms with Crippen molar-refractivity contribution in [3.05, 3.63) is 42.0 Å². The quantitative estimate of drug-likeness (QED) is 0.201. The Balaban J connectivity index is 1.58. The summed E-state index contributed by atoms with van der Waals surface area (Å²) in [5.41, 5.74) is 2.47. The fourth-order valence-corrected chi connectivity index (χ4v) is 5.19. The third-order valence-electron chi connectivity index (χ3n) is 7.11. The van der Waals surface area contributed by atoms with Crippen LogP contribution in [0.2, 0.25) is 0 Å². The van der Waals surface area contributed by atoms with Gasteiger partial charge in [-0.25, -0.2) is 4.79 Å². The first-order valence-corrected chi connectivity index (χ1v) is 11.1. The Labute approximate surface area is 165 Å². The van der Waals surface area contributed by atoms with Crippen LogP contribution in [0.15, 0.2) is 36.4 Å². The molecule has 1 aromatic rings. The van der Waals surface area contributed by atoms with Gasteiger partial charge in [0.2, 0.25) is 0 Å². The van der Waals surface area contributed by atoms with Crippen LogP contribution in [0.5, 0.6) is 5.75 Å². The Morgan fingerprint density at radius 2 is 1.63 bits per heavy atom. The number of rotatable bonds is 9. The number of hydrogen-bond donors (Lipinski definition) is 0. The molecule has 0 aliphatic heterocycles. The highest BCUT2D eigenvalue weighted by molar-refractivity contribution is 5.83. The maximum absolute atomic E-state index is 11.8. The van der Waals surface area contributed by atoms with E-state index in [0.717, 1.165) is 12.8 Å². The van der Waals surface area contributed by atoms with Crippen LogP contribution in [0.4, 0.5) is 0 Å². The van der Waals surface area contributed by atoms with Gasteiger partial charge in [0.05, 0.1) is 0 Å². The Morgan fingerprint density at radius 1 is 0.963 bits per heavy atom. The summed E-state index contributed by atoms with van der Waals surface area (Å²) in [7, 11) is 0. The van der Waals surface area contributed by atoms with E-state index in [4.69, 9.17) is 4.74 Å². The molecular weight excluding hydrogens is 332 g/mol. The van der Waals surface area contributed by atoms with Crippen LogP contribution in [0.25, 0.3) is 0 Å². The molecule has 3 fully saturated rings. The van der Waals surface area contributed by atoms with Gasteiger partial charge < -0.3 is 4.74 Å². The molecule has 0 aromatic heterocycles. The van der Waals surface area contributed by atoms with Gasteiger partial charge in [-0.15, -0.1) is 0 Å². The molecule has 1 aromatic carbocycles. The summed E-state index contributed by atoms with van der Waals surface area (Å²) < 4.78 is 5.42. The molecule has 0 N–H and O–H groups in total. The standard InChI is InChI=1S/C25H36O2/c1-3-5-7-9-23(26)27-22-12-10-21(11-13-22)25-18-15-24(16-19-25,17-20-25)14-8-6-4-2/h7,9-13H,3-6,8,14-20H2,1-2H3/b9-7+. The van der Waals surface area contributed by atoms with Crippen molar-refractivity contribution in [3.8, 4) is 5.75 Å². The molecule has 0 amide bonds. The molecule has 2 bridgehead atoms. The lowest BCUT2D eigenvalue weighted by molar-refractivity contribution is -0.129. The molecular formula is C25H36O2. The van der Waals surface area contributed by atoms with Crippen LogP contribution in [0.3, 0.4) is 0 Å². The molecule has 2 heteroatoms. The molecule has 0 heterocycles. The summed E-state index contributed by atoms with van der Waals surface area (Å²) >= 11 is 0. The number of fused-ring (bicyclic) bond motifs is 3. The Kier molecular flexibility index (Phi) is 6.78. The van der Waals surface area contributed by atoms with Crippen LogP contribution < -0.4 is 4.74 Å². The van der Waals surface area contributed by atoms with E-state index in [9.17, 15) is 4.79 Å². The maximum atomic E-state index is 11.8. The molecule has 0 spiro atoms. The van der Waals surface area contributed by atoms with Gasteiger partial charge in [0.15, 0.2) is 0 Å². The summed E-state index contributed by atoms with van der Waals surface area (Å²) in [6.45, 7) is 4.40. The van der Waals surface area contributed by atoms with Crippen molar-refractivity contribution in [3.63, 3.8) is 0 Å². The zero-order chi connectivity index (χ0) is 19.2. The van der Waals surface area contributed by atoms with Crippen LogP contribution >= 0.6 is 0 Å². The maximum Gasteiger partial charge on any atom is 0.335 e. The summed E-state index contributed by atoms with van der Waals surface area (Å²) in [5.74, 6) is 0.378. The largest absolute Gasteiger partial charge is 0.423 e. The number of ether oxygens (including phenoxy) is 1. The second kappa shape index (κ2) is 9.08. The minimum atomic E-state index is -0.276. The van der Waals surface area contributed by atoms with Gasteiger partial charge in [-0.05, 0) is 79.9 Å². The highest BCUT2D eigenvalue weighted by Crippen LogP contribution is 2.59. The number of benzene rings is 1. The average Bonchev–Trinajstić information content (AvgIpc) is 2.70. The third kappa shape index (κ3) is 4.83. The van der Waals surface area contributed by atoms with E-state index in [0.29, 0.717) is 16.6 Å². The normalized spacial score (nSPS) is 27.2. The molecule has 0 saturated heterocycles. The number of allylic oxidation sites excluding steroid dienone is 1. The van der Waals surface area contributed by atoms with E-state index < -0.39 is 0 Å².